The molecule has 1 aromatic rings. The summed E-state index contributed by atoms with van der Waals surface area (Å²) in [5, 5.41) is 0. The molecule has 174 valence electrons. The second-order valence-electron chi connectivity index (χ2n) is 10.7. The molecule has 1 unspecified atom stereocenters. The van der Waals surface area contributed by atoms with Crippen molar-refractivity contribution in [3.8, 4) is 0 Å². The van der Waals surface area contributed by atoms with Gasteiger partial charge in [-0.3, -0.25) is 0 Å². The van der Waals surface area contributed by atoms with Gasteiger partial charge in [0, 0.05) is 5.70 Å². The van der Waals surface area contributed by atoms with E-state index in [2.05, 4.69) is 49.4 Å². The summed E-state index contributed by atoms with van der Waals surface area (Å²) in [7, 11) is 0. The fraction of sp³-hybridized carbons (Fsp3) is 0.600. The SMILES string of the molecule is CCCCCC1CCC(C2CCC(C3=CC(N)C(=Cc4ccccc4)C(N)=C3)CC2)CC1. The molecule has 0 spiro atoms. The summed E-state index contributed by atoms with van der Waals surface area (Å²) in [6.45, 7) is 2.31. The Hall–Kier alpha value is -1.80. The van der Waals surface area contributed by atoms with Crippen LogP contribution in [0.25, 0.3) is 6.08 Å². The second kappa shape index (κ2) is 11.4. The Labute approximate surface area is 196 Å². The third-order valence-electron chi connectivity index (χ3n) is 8.53. The van der Waals surface area contributed by atoms with Gasteiger partial charge in [0.2, 0.25) is 0 Å². The lowest BCUT2D eigenvalue weighted by Crippen LogP contribution is -2.30. The molecule has 2 heteroatoms. The van der Waals surface area contributed by atoms with Crippen LogP contribution in [0, 0.1) is 23.7 Å². The summed E-state index contributed by atoms with van der Waals surface area (Å²) in [6, 6.07) is 10.3. The minimum Gasteiger partial charge on any atom is -0.398 e. The molecule has 0 bridgehead atoms. The van der Waals surface area contributed by atoms with Crippen LogP contribution in [0.3, 0.4) is 0 Å². The first-order chi connectivity index (χ1) is 15.6. The van der Waals surface area contributed by atoms with Crippen molar-refractivity contribution >= 4 is 6.08 Å². The van der Waals surface area contributed by atoms with E-state index in [0.29, 0.717) is 5.92 Å². The van der Waals surface area contributed by atoms with Crippen LogP contribution < -0.4 is 11.5 Å². The summed E-state index contributed by atoms with van der Waals surface area (Å²) in [5.74, 6) is 3.60. The van der Waals surface area contributed by atoms with E-state index in [0.717, 1.165) is 34.6 Å². The molecule has 1 aromatic carbocycles. The van der Waals surface area contributed by atoms with Gasteiger partial charge in [-0.25, -0.2) is 0 Å². The molecule has 0 aliphatic heterocycles. The fourth-order valence-electron chi connectivity index (χ4n) is 6.52. The van der Waals surface area contributed by atoms with Crippen LogP contribution in [0.5, 0.6) is 0 Å². The van der Waals surface area contributed by atoms with Gasteiger partial charge in [0.1, 0.15) is 0 Å². The molecular formula is C30H44N2. The highest BCUT2D eigenvalue weighted by molar-refractivity contribution is 5.63. The molecule has 0 aromatic heterocycles. The van der Waals surface area contributed by atoms with E-state index in [1.54, 1.807) is 0 Å². The van der Waals surface area contributed by atoms with Gasteiger partial charge in [0.05, 0.1) is 6.04 Å². The summed E-state index contributed by atoms with van der Waals surface area (Å²) in [5.41, 5.74) is 17.5. The van der Waals surface area contributed by atoms with E-state index in [9.17, 15) is 0 Å². The van der Waals surface area contributed by atoms with Crippen molar-refractivity contribution in [3.05, 3.63) is 64.9 Å². The molecule has 0 radical (unpaired) electrons. The summed E-state index contributed by atoms with van der Waals surface area (Å²) < 4.78 is 0. The maximum absolute atomic E-state index is 6.55. The van der Waals surface area contributed by atoms with Crippen LogP contribution in [0.2, 0.25) is 0 Å². The lowest BCUT2D eigenvalue weighted by Gasteiger charge is -2.38. The molecule has 0 amide bonds. The molecule has 3 aliphatic carbocycles. The highest BCUT2D eigenvalue weighted by Gasteiger charge is 2.32. The number of allylic oxidation sites excluding steroid dienone is 2. The van der Waals surface area contributed by atoms with Crippen LogP contribution in [-0.2, 0) is 0 Å². The first-order valence-corrected chi connectivity index (χ1v) is 13.4. The Morgan fingerprint density at radius 3 is 2.16 bits per heavy atom. The average Bonchev–Trinajstić information content (AvgIpc) is 2.83. The zero-order valence-corrected chi connectivity index (χ0v) is 20.1. The van der Waals surface area contributed by atoms with Crippen molar-refractivity contribution in [1.82, 2.24) is 0 Å². The lowest BCUT2D eigenvalue weighted by molar-refractivity contribution is 0.150. The van der Waals surface area contributed by atoms with Gasteiger partial charge in [-0.1, -0.05) is 81.9 Å². The van der Waals surface area contributed by atoms with Crippen LogP contribution in [0.15, 0.2) is 59.3 Å². The smallest absolute Gasteiger partial charge is 0.0507 e. The molecule has 4 N–H and O–H groups in total. The average molecular weight is 433 g/mol. The minimum atomic E-state index is -0.101. The van der Waals surface area contributed by atoms with Gasteiger partial charge >= 0.3 is 0 Å². The van der Waals surface area contributed by atoms with Crippen molar-refractivity contribution in [3.63, 3.8) is 0 Å². The normalized spacial score (nSPS) is 32.4. The summed E-state index contributed by atoms with van der Waals surface area (Å²) in [6.07, 6.45) is 23.7. The predicted molar refractivity (Wildman–Crippen MR) is 138 cm³/mol. The summed E-state index contributed by atoms with van der Waals surface area (Å²) in [4.78, 5) is 0. The van der Waals surface area contributed by atoms with Gasteiger partial charge in [-0.05, 0) is 91.1 Å². The Kier molecular flexibility index (Phi) is 8.30. The van der Waals surface area contributed by atoms with Gasteiger partial charge in [-0.2, -0.15) is 0 Å². The molecule has 3 aliphatic rings. The van der Waals surface area contributed by atoms with Crippen molar-refractivity contribution in [2.45, 2.75) is 90.0 Å². The van der Waals surface area contributed by atoms with E-state index in [1.165, 1.54) is 82.6 Å². The third kappa shape index (κ3) is 5.95. The molecule has 0 saturated heterocycles. The van der Waals surface area contributed by atoms with Crippen molar-refractivity contribution in [1.29, 1.82) is 0 Å². The van der Waals surface area contributed by atoms with Crippen LogP contribution >= 0.6 is 0 Å². The van der Waals surface area contributed by atoms with Crippen LogP contribution in [0.4, 0.5) is 0 Å². The predicted octanol–water partition coefficient (Wildman–Crippen LogP) is 7.37. The van der Waals surface area contributed by atoms with Crippen molar-refractivity contribution in [2.24, 2.45) is 35.1 Å². The zero-order chi connectivity index (χ0) is 22.3. The highest BCUT2D eigenvalue weighted by Crippen LogP contribution is 2.44. The quantitative estimate of drug-likeness (QED) is 0.442. The molecule has 4 rings (SSSR count). The van der Waals surface area contributed by atoms with E-state index in [4.69, 9.17) is 11.5 Å². The number of unbranched alkanes of at least 4 members (excludes halogenated alkanes) is 2. The molecule has 1 atom stereocenters. The maximum Gasteiger partial charge on any atom is 0.0507 e. The monoisotopic (exact) mass is 432 g/mol. The van der Waals surface area contributed by atoms with Gasteiger partial charge in [0.25, 0.3) is 0 Å². The van der Waals surface area contributed by atoms with E-state index in [-0.39, 0.29) is 6.04 Å². The van der Waals surface area contributed by atoms with Gasteiger partial charge in [0.15, 0.2) is 0 Å². The minimum absolute atomic E-state index is 0.101. The van der Waals surface area contributed by atoms with E-state index < -0.39 is 0 Å². The van der Waals surface area contributed by atoms with E-state index >= 15 is 0 Å². The Bertz CT molecular complexity index is 802. The lowest BCUT2D eigenvalue weighted by atomic mass is 9.67. The number of rotatable bonds is 7. The molecule has 2 nitrogen and oxygen atoms in total. The van der Waals surface area contributed by atoms with Crippen LogP contribution in [0.1, 0.15) is 89.5 Å². The Morgan fingerprint density at radius 1 is 0.875 bits per heavy atom. The number of hydrogen-bond donors (Lipinski definition) is 2. The first kappa shape index (κ1) is 23.4. The Balaban J connectivity index is 1.28. The molecule has 0 heterocycles. The zero-order valence-electron chi connectivity index (χ0n) is 20.1. The molecule has 2 saturated carbocycles. The number of benzene rings is 1. The molecule has 32 heavy (non-hydrogen) atoms. The van der Waals surface area contributed by atoms with E-state index in [1.807, 2.05) is 6.07 Å². The number of hydrogen-bond acceptors (Lipinski definition) is 2. The van der Waals surface area contributed by atoms with Gasteiger partial charge in [-0.15, -0.1) is 0 Å². The Morgan fingerprint density at radius 2 is 1.53 bits per heavy atom. The summed E-state index contributed by atoms with van der Waals surface area (Å²) >= 11 is 0. The number of nitrogens with two attached hydrogens (primary N) is 2. The standard InChI is InChI=1S/C30H44N2/c1-2-3-5-8-22-11-13-24(14-12-22)25-15-17-26(18-16-25)27-20-29(31)28(30(32)21-27)19-23-9-6-4-7-10-23/h4,6-7,9-10,19-22,24-26,29H,2-3,5,8,11-18,31-32H2,1H3. The molecular weight excluding hydrogens is 388 g/mol. The highest BCUT2D eigenvalue weighted by atomic mass is 14.7. The van der Waals surface area contributed by atoms with Crippen LogP contribution in [-0.4, -0.2) is 6.04 Å². The fourth-order valence-corrected chi connectivity index (χ4v) is 6.52. The van der Waals surface area contributed by atoms with Crippen molar-refractivity contribution < 1.29 is 0 Å². The largest absolute Gasteiger partial charge is 0.398 e. The second-order valence-corrected chi connectivity index (χ2v) is 10.7. The first-order valence-electron chi connectivity index (χ1n) is 13.4. The molecule has 2 fully saturated rings. The third-order valence-corrected chi connectivity index (χ3v) is 8.53. The van der Waals surface area contributed by atoms with Crippen molar-refractivity contribution in [2.75, 3.05) is 0 Å². The van der Waals surface area contributed by atoms with Gasteiger partial charge < -0.3 is 11.5 Å². The topological polar surface area (TPSA) is 52.0 Å². The maximum atomic E-state index is 6.55.